The zero-order chi connectivity index (χ0) is 26.4. The summed E-state index contributed by atoms with van der Waals surface area (Å²) in [6.45, 7) is 0.409. The fourth-order valence-electron chi connectivity index (χ4n) is 6.30. The van der Waals surface area contributed by atoms with Gasteiger partial charge in [-0.05, 0) is 37.0 Å². The van der Waals surface area contributed by atoms with Gasteiger partial charge in [-0.3, -0.25) is 9.59 Å². The smallest absolute Gasteiger partial charge is 0.287 e. The average Bonchev–Trinajstić information content (AvgIpc) is 3.09. The average molecular weight is 571 g/mol. The van der Waals surface area contributed by atoms with Gasteiger partial charge in [-0.25, -0.2) is 13.1 Å². The Kier molecular flexibility index (Phi) is 7.51. The first-order valence-electron chi connectivity index (χ1n) is 13.1. The summed E-state index contributed by atoms with van der Waals surface area (Å²) in [4.78, 5) is 29.5. The van der Waals surface area contributed by atoms with Gasteiger partial charge in [0.15, 0.2) is 11.7 Å². The molecule has 13 heteroatoms. The van der Waals surface area contributed by atoms with E-state index in [9.17, 15) is 26.4 Å². The highest BCUT2D eigenvalue weighted by Gasteiger charge is 2.51. The van der Waals surface area contributed by atoms with Gasteiger partial charge in [0.2, 0.25) is 15.9 Å². The van der Waals surface area contributed by atoms with Crippen molar-refractivity contribution in [3.05, 3.63) is 10.9 Å². The molecule has 2 N–H and O–H groups in total. The first kappa shape index (κ1) is 26.8. The minimum Gasteiger partial charge on any atom is -0.338 e. The van der Waals surface area contributed by atoms with Gasteiger partial charge in [-0.1, -0.05) is 38.5 Å². The Labute approximate surface area is 222 Å². The van der Waals surface area contributed by atoms with Crippen molar-refractivity contribution in [2.45, 2.75) is 81.7 Å². The number of piperidine rings is 1. The second-order valence-electron chi connectivity index (χ2n) is 10.7. The molecule has 4 aliphatic rings. The van der Waals surface area contributed by atoms with Crippen molar-refractivity contribution in [1.82, 2.24) is 9.62 Å². The molecule has 1 unspecified atom stereocenters. The standard InChI is InChI=1S/C24H34N4O6S3/c1-36(31,32)25-12-16-14-35-23-21(16)37(33,34)27-22(26-23)19-20(29)17-10-6-3-7-11-18(17)28(24(19)30)13-15-8-4-2-5-9-15/h14-15,17-19,25H,2-13H2,1H3,(H,26,27)/t17-,18+,19?/m1/s1. The zero-order valence-corrected chi connectivity index (χ0v) is 23.4. The molecule has 0 radical (unpaired) electrons. The van der Waals surface area contributed by atoms with Crippen molar-refractivity contribution in [3.63, 3.8) is 0 Å². The van der Waals surface area contributed by atoms with Crippen LogP contribution in [-0.4, -0.2) is 58.1 Å². The molecule has 0 aromatic carbocycles. The van der Waals surface area contributed by atoms with Gasteiger partial charge < -0.3 is 10.2 Å². The summed E-state index contributed by atoms with van der Waals surface area (Å²) in [6, 6.07) is -0.132. The molecule has 3 atom stereocenters. The first-order chi connectivity index (χ1) is 17.5. The number of amides is 1. The molecule has 0 bridgehead atoms. The molecular weight excluding hydrogens is 536 g/mol. The summed E-state index contributed by atoms with van der Waals surface area (Å²) in [6.07, 6.45) is 11.0. The number of thiophene rings is 1. The number of fused-ring (bicyclic) bond motifs is 2. The number of nitrogens with zero attached hydrogens (tertiary/aromatic N) is 2. The van der Waals surface area contributed by atoms with Crippen LogP contribution in [0.25, 0.3) is 0 Å². The first-order valence-corrected chi connectivity index (χ1v) is 17.3. The fourth-order valence-corrected chi connectivity index (χ4v) is 9.37. The maximum absolute atomic E-state index is 13.9. The van der Waals surface area contributed by atoms with Crippen LogP contribution in [0.3, 0.4) is 0 Å². The van der Waals surface area contributed by atoms with Gasteiger partial charge in [0.05, 0.1) is 6.26 Å². The number of nitrogens with one attached hydrogen (secondary N) is 2. The van der Waals surface area contributed by atoms with E-state index in [2.05, 4.69) is 14.4 Å². The van der Waals surface area contributed by atoms with E-state index in [0.29, 0.717) is 18.9 Å². The lowest BCUT2D eigenvalue weighted by Gasteiger charge is -2.45. The van der Waals surface area contributed by atoms with Crippen LogP contribution < -0.4 is 10.0 Å². The van der Waals surface area contributed by atoms with Crippen molar-refractivity contribution in [2.24, 2.45) is 22.2 Å². The summed E-state index contributed by atoms with van der Waals surface area (Å²) in [5.41, 5.74) is 0.268. The molecule has 1 aromatic heterocycles. The number of Topliss-reactive ketones (excluding diaryl/α,β-unsaturated/α-hetero) is 1. The topological polar surface area (TPSA) is 142 Å². The van der Waals surface area contributed by atoms with E-state index in [1.54, 1.807) is 5.38 Å². The van der Waals surface area contributed by atoms with Gasteiger partial charge in [-0.2, -0.15) is 8.42 Å². The van der Waals surface area contributed by atoms with Crippen molar-refractivity contribution >= 4 is 53.9 Å². The van der Waals surface area contributed by atoms with Gasteiger partial charge >= 0.3 is 0 Å². The Bertz CT molecular complexity index is 1310. The van der Waals surface area contributed by atoms with Crippen LogP contribution in [0.2, 0.25) is 0 Å². The lowest BCUT2D eigenvalue weighted by atomic mass is 9.77. The number of sulfonamides is 2. The largest absolute Gasteiger partial charge is 0.338 e. The quantitative estimate of drug-likeness (QED) is 0.501. The number of hydrogen-bond donors (Lipinski definition) is 2. The highest BCUT2D eigenvalue weighted by molar-refractivity contribution is 7.91. The summed E-state index contributed by atoms with van der Waals surface area (Å²) in [5.74, 6) is -1.92. The number of anilines is 1. The maximum Gasteiger partial charge on any atom is 0.287 e. The van der Waals surface area contributed by atoms with Crippen LogP contribution in [0.15, 0.2) is 14.7 Å². The second kappa shape index (κ2) is 10.4. The van der Waals surface area contributed by atoms with Crippen LogP contribution in [0, 0.1) is 17.8 Å². The zero-order valence-electron chi connectivity index (χ0n) is 20.9. The van der Waals surface area contributed by atoms with Crippen molar-refractivity contribution in [3.8, 4) is 0 Å². The third kappa shape index (κ3) is 5.50. The highest BCUT2D eigenvalue weighted by Crippen LogP contribution is 2.41. The number of carbonyl (C=O) groups excluding carboxylic acids is 2. The molecular formula is C24H34N4O6S3. The van der Waals surface area contributed by atoms with Gasteiger partial charge in [0.1, 0.15) is 15.7 Å². The molecule has 5 rings (SSSR count). The summed E-state index contributed by atoms with van der Waals surface area (Å²) >= 11 is 1.09. The third-order valence-corrected chi connectivity index (χ3v) is 11.2. The maximum atomic E-state index is 13.9. The van der Waals surface area contributed by atoms with Crippen LogP contribution in [0.5, 0.6) is 0 Å². The molecule has 2 aliphatic heterocycles. The van der Waals surface area contributed by atoms with Gasteiger partial charge in [0, 0.05) is 30.6 Å². The van der Waals surface area contributed by atoms with E-state index in [-0.39, 0.29) is 51.5 Å². The van der Waals surface area contributed by atoms with Crippen LogP contribution >= 0.6 is 11.3 Å². The molecule has 2 aliphatic carbocycles. The van der Waals surface area contributed by atoms with E-state index in [1.807, 2.05) is 4.90 Å². The van der Waals surface area contributed by atoms with Crippen molar-refractivity contribution in [1.29, 1.82) is 0 Å². The Balaban J connectivity index is 1.47. The number of carbonyl (C=O) groups is 2. The Morgan fingerprint density at radius 2 is 1.76 bits per heavy atom. The fraction of sp³-hybridized carbons (Fsp3) is 0.708. The van der Waals surface area contributed by atoms with Gasteiger partial charge in [0.25, 0.3) is 10.0 Å². The lowest BCUT2D eigenvalue weighted by molar-refractivity contribution is -0.151. The number of hydrogen-bond acceptors (Lipinski definition) is 8. The number of likely N-dealkylation sites (tertiary alicyclic amines) is 1. The van der Waals surface area contributed by atoms with E-state index in [4.69, 9.17) is 0 Å². The van der Waals surface area contributed by atoms with Crippen molar-refractivity contribution in [2.75, 3.05) is 18.1 Å². The van der Waals surface area contributed by atoms with Crippen LogP contribution in [0.1, 0.15) is 69.8 Å². The molecule has 0 spiro atoms. The molecule has 1 amide bonds. The lowest BCUT2D eigenvalue weighted by Crippen LogP contribution is -2.60. The monoisotopic (exact) mass is 570 g/mol. The Morgan fingerprint density at radius 1 is 1.08 bits per heavy atom. The predicted octanol–water partition coefficient (Wildman–Crippen LogP) is 2.87. The SMILES string of the molecule is CS(=O)(=O)NCc1csc2c1S(=O)(=O)N=C(C1C(=O)[C@@H]3CCCCC[C@@H]3N(CC3CCCCC3)C1=O)N2. The summed E-state index contributed by atoms with van der Waals surface area (Å²) < 4.78 is 55.8. The van der Waals surface area contributed by atoms with Crippen LogP contribution in [0.4, 0.5) is 5.00 Å². The predicted molar refractivity (Wildman–Crippen MR) is 141 cm³/mol. The molecule has 10 nitrogen and oxygen atoms in total. The number of ketones is 1. The Morgan fingerprint density at radius 3 is 2.46 bits per heavy atom. The van der Waals surface area contributed by atoms with E-state index >= 15 is 0 Å². The summed E-state index contributed by atoms with van der Waals surface area (Å²) in [5, 5.41) is 4.78. The summed E-state index contributed by atoms with van der Waals surface area (Å²) in [7, 11) is -7.78. The minimum absolute atomic E-state index is 0.112. The van der Waals surface area contributed by atoms with E-state index < -0.39 is 26.0 Å². The minimum atomic E-state index is -4.25. The third-order valence-electron chi connectivity index (χ3n) is 8.07. The van der Waals surface area contributed by atoms with Crippen LogP contribution in [-0.2, 0) is 36.2 Å². The molecule has 1 aromatic rings. The molecule has 1 saturated heterocycles. The molecule has 3 fully saturated rings. The number of amidine groups is 1. The molecule has 37 heavy (non-hydrogen) atoms. The normalized spacial score (nSPS) is 28.6. The molecule has 3 heterocycles. The highest BCUT2D eigenvalue weighted by atomic mass is 32.2. The van der Waals surface area contributed by atoms with Gasteiger partial charge in [-0.15, -0.1) is 15.7 Å². The van der Waals surface area contributed by atoms with E-state index in [0.717, 1.165) is 69.0 Å². The molecule has 2 saturated carbocycles. The number of rotatable bonds is 6. The van der Waals surface area contributed by atoms with Crippen molar-refractivity contribution < 1.29 is 26.4 Å². The second-order valence-corrected chi connectivity index (χ2v) is 15.0. The Hall–Kier alpha value is -1.83. The van der Waals surface area contributed by atoms with E-state index in [1.165, 1.54) is 6.42 Å². The molecule has 204 valence electrons.